The van der Waals surface area contributed by atoms with Crippen LogP contribution in [0.3, 0.4) is 0 Å². The second-order valence-electron chi connectivity index (χ2n) is 8.71. The normalized spacial score (nSPS) is 18.5. The summed E-state index contributed by atoms with van der Waals surface area (Å²) in [5.74, 6) is -2.03. The molecule has 2 aliphatic rings. The Morgan fingerprint density at radius 3 is 2.21 bits per heavy atom. The number of esters is 1. The molecule has 0 saturated carbocycles. The number of sulfonamides is 1. The third-order valence-electron chi connectivity index (χ3n) is 6.47. The van der Waals surface area contributed by atoms with Crippen LogP contribution >= 0.6 is 0 Å². The average Bonchev–Trinajstić information content (AvgIpc) is 2.84. The first-order valence-corrected chi connectivity index (χ1v) is 13.0. The predicted molar refractivity (Wildman–Crippen MR) is 121 cm³/mol. The maximum atomic E-state index is 14.0. The summed E-state index contributed by atoms with van der Waals surface area (Å²) in [4.78, 5) is 40.1. The van der Waals surface area contributed by atoms with Gasteiger partial charge in [-0.25, -0.2) is 12.8 Å². The van der Waals surface area contributed by atoms with Gasteiger partial charge in [0, 0.05) is 39.1 Å². The van der Waals surface area contributed by atoms with Gasteiger partial charge in [0.05, 0.1) is 19.1 Å². The Kier molecular flexibility index (Phi) is 8.64. The lowest BCUT2D eigenvalue weighted by Gasteiger charge is -2.34. The molecule has 0 unspecified atom stereocenters. The number of likely N-dealkylation sites (N-methyl/N-ethyl adjacent to an activating group) is 1. The van der Waals surface area contributed by atoms with Gasteiger partial charge in [-0.3, -0.25) is 14.4 Å². The fraction of sp³-hybridized carbons (Fsp3) is 0.609. The van der Waals surface area contributed by atoms with Gasteiger partial charge in [0.25, 0.3) is 0 Å². The molecule has 0 atom stereocenters. The molecule has 2 saturated heterocycles. The summed E-state index contributed by atoms with van der Waals surface area (Å²) in [6, 6.07) is 5.24. The molecule has 1 aromatic rings. The van der Waals surface area contributed by atoms with Gasteiger partial charge >= 0.3 is 5.97 Å². The van der Waals surface area contributed by atoms with Crippen LogP contribution in [-0.4, -0.2) is 86.7 Å². The highest BCUT2D eigenvalue weighted by atomic mass is 32.2. The Balaban J connectivity index is 1.48. The minimum atomic E-state index is -3.97. The Morgan fingerprint density at radius 1 is 1.03 bits per heavy atom. The van der Waals surface area contributed by atoms with E-state index in [4.69, 9.17) is 4.74 Å². The molecular weight excluding hydrogens is 465 g/mol. The smallest absolute Gasteiger partial charge is 0.309 e. The molecule has 0 aliphatic carbocycles. The molecule has 188 valence electrons. The van der Waals surface area contributed by atoms with Crippen molar-refractivity contribution in [2.75, 3.05) is 46.4 Å². The van der Waals surface area contributed by atoms with Gasteiger partial charge in [0.1, 0.15) is 10.7 Å². The van der Waals surface area contributed by atoms with Crippen molar-refractivity contribution in [3.05, 3.63) is 30.1 Å². The van der Waals surface area contributed by atoms with E-state index in [1.165, 1.54) is 27.4 Å². The van der Waals surface area contributed by atoms with Crippen molar-refractivity contribution in [3.8, 4) is 0 Å². The van der Waals surface area contributed by atoms with E-state index in [1.54, 1.807) is 18.9 Å². The largest absolute Gasteiger partial charge is 0.466 e. The Morgan fingerprint density at radius 2 is 1.62 bits per heavy atom. The van der Waals surface area contributed by atoms with Crippen molar-refractivity contribution in [1.29, 1.82) is 0 Å². The van der Waals surface area contributed by atoms with Crippen molar-refractivity contribution in [1.82, 2.24) is 14.1 Å². The standard InChI is InChI=1S/C23H32FN3O6S/c1-3-33-23(30)18-8-12-26(13-9-18)21(28)16-25(2)22(29)17-10-14-27(15-11-17)34(31,32)20-7-5-4-6-19(20)24/h4-7,17-18H,3,8-16H2,1-2H3. The van der Waals surface area contributed by atoms with Gasteiger partial charge in [0.2, 0.25) is 21.8 Å². The van der Waals surface area contributed by atoms with Crippen LogP contribution in [0.25, 0.3) is 0 Å². The SMILES string of the molecule is CCOC(=O)C1CCN(C(=O)CN(C)C(=O)C2CCN(S(=O)(=O)c3ccccc3F)CC2)CC1. The quantitative estimate of drug-likeness (QED) is 0.529. The summed E-state index contributed by atoms with van der Waals surface area (Å²) in [6.07, 6.45) is 1.68. The summed E-state index contributed by atoms with van der Waals surface area (Å²) < 4.78 is 45.7. The van der Waals surface area contributed by atoms with Gasteiger partial charge in [-0.15, -0.1) is 0 Å². The summed E-state index contributed by atoms with van der Waals surface area (Å²) in [6.45, 7) is 3.12. The van der Waals surface area contributed by atoms with Crippen LogP contribution < -0.4 is 0 Å². The molecule has 11 heteroatoms. The summed E-state index contributed by atoms with van der Waals surface area (Å²) in [5, 5.41) is 0. The van der Waals surface area contributed by atoms with Crippen LogP contribution in [0.1, 0.15) is 32.6 Å². The molecule has 1 aromatic carbocycles. The number of halogens is 1. The van der Waals surface area contributed by atoms with E-state index in [0.29, 0.717) is 45.4 Å². The van der Waals surface area contributed by atoms with Crippen LogP contribution in [0.5, 0.6) is 0 Å². The highest BCUT2D eigenvalue weighted by molar-refractivity contribution is 7.89. The number of hydrogen-bond acceptors (Lipinski definition) is 6. The van der Waals surface area contributed by atoms with Crippen LogP contribution in [0.15, 0.2) is 29.2 Å². The van der Waals surface area contributed by atoms with Crippen molar-refractivity contribution < 1.29 is 31.9 Å². The van der Waals surface area contributed by atoms with Gasteiger partial charge in [-0.2, -0.15) is 4.31 Å². The molecule has 9 nitrogen and oxygen atoms in total. The summed E-state index contributed by atoms with van der Waals surface area (Å²) in [5.41, 5.74) is 0. The highest BCUT2D eigenvalue weighted by Crippen LogP contribution is 2.26. The highest BCUT2D eigenvalue weighted by Gasteiger charge is 2.35. The third-order valence-corrected chi connectivity index (χ3v) is 8.41. The number of nitrogens with zero attached hydrogens (tertiary/aromatic N) is 3. The number of piperidine rings is 2. The molecule has 2 aliphatic heterocycles. The molecule has 0 N–H and O–H groups in total. The van der Waals surface area contributed by atoms with E-state index in [1.807, 2.05) is 0 Å². The summed E-state index contributed by atoms with van der Waals surface area (Å²) >= 11 is 0. The van der Waals surface area contributed by atoms with E-state index >= 15 is 0 Å². The van der Waals surface area contributed by atoms with E-state index in [9.17, 15) is 27.2 Å². The topological polar surface area (TPSA) is 104 Å². The van der Waals surface area contributed by atoms with Crippen LogP contribution in [0, 0.1) is 17.7 Å². The minimum absolute atomic E-state index is 0.0728. The van der Waals surface area contributed by atoms with Crippen molar-refractivity contribution in [2.24, 2.45) is 11.8 Å². The first-order chi connectivity index (χ1) is 16.1. The maximum Gasteiger partial charge on any atom is 0.309 e. The number of carbonyl (C=O) groups is 3. The number of carbonyl (C=O) groups excluding carboxylic acids is 3. The van der Waals surface area contributed by atoms with Crippen LogP contribution in [0.2, 0.25) is 0 Å². The second-order valence-corrected chi connectivity index (χ2v) is 10.6. The molecule has 34 heavy (non-hydrogen) atoms. The molecular formula is C23H32FN3O6S. The predicted octanol–water partition coefficient (Wildman–Crippen LogP) is 1.49. The Labute approximate surface area is 199 Å². The Bertz CT molecular complexity index is 1000. The van der Waals surface area contributed by atoms with E-state index in [0.717, 1.165) is 6.07 Å². The van der Waals surface area contributed by atoms with Gasteiger partial charge in [-0.1, -0.05) is 12.1 Å². The lowest BCUT2D eigenvalue weighted by Crippen LogP contribution is -2.48. The van der Waals surface area contributed by atoms with Crippen molar-refractivity contribution in [3.63, 3.8) is 0 Å². The van der Waals surface area contributed by atoms with Gasteiger partial charge in [-0.05, 0) is 44.7 Å². The molecule has 0 bridgehead atoms. The molecule has 2 amide bonds. The molecule has 3 rings (SSSR count). The minimum Gasteiger partial charge on any atom is -0.466 e. The molecule has 2 fully saturated rings. The van der Waals surface area contributed by atoms with Crippen LogP contribution in [-0.2, 0) is 29.1 Å². The Hall–Kier alpha value is -2.53. The zero-order valence-corrected chi connectivity index (χ0v) is 20.4. The van der Waals surface area contributed by atoms with Crippen molar-refractivity contribution >= 4 is 27.8 Å². The fourth-order valence-corrected chi connectivity index (χ4v) is 5.99. The first-order valence-electron chi connectivity index (χ1n) is 11.6. The zero-order valence-electron chi connectivity index (χ0n) is 19.6. The number of benzene rings is 1. The molecule has 0 spiro atoms. The number of rotatable bonds is 7. The van der Waals surface area contributed by atoms with Crippen LogP contribution in [0.4, 0.5) is 4.39 Å². The average molecular weight is 498 g/mol. The van der Waals surface area contributed by atoms with E-state index in [2.05, 4.69) is 0 Å². The number of hydrogen-bond donors (Lipinski definition) is 0. The van der Waals surface area contributed by atoms with Gasteiger partial charge in [0.15, 0.2) is 0 Å². The first kappa shape index (κ1) is 26.1. The van der Waals surface area contributed by atoms with E-state index < -0.39 is 21.8 Å². The monoisotopic (exact) mass is 497 g/mol. The number of ether oxygens (including phenoxy) is 1. The summed E-state index contributed by atoms with van der Waals surface area (Å²) in [7, 11) is -2.41. The molecule has 0 radical (unpaired) electrons. The number of likely N-dealkylation sites (tertiary alicyclic amines) is 1. The fourth-order valence-electron chi connectivity index (χ4n) is 4.45. The van der Waals surface area contributed by atoms with E-state index in [-0.39, 0.29) is 48.2 Å². The lowest BCUT2D eigenvalue weighted by molar-refractivity contribution is -0.151. The van der Waals surface area contributed by atoms with Gasteiger partial charge < -0.3 is 14.5 Å². The molecule has 2 heterocycles. The number of amides is 2. The third kappa shape index (κ3) is 5.93. The maximum absolute atomic E-state index is 14.0. The second kappa shape index (κ2) is 11.3. The zero-order chi connectivity index (χ0) is 24.9. The lowest BCUT2D eigenvalue weighted by atomic mass is 9.96. The molecule has 0 aromatic heterocycles. The van der Waals surface area contributed by atoms with Crippen molar-refractivity contribution in [2.45, 2.75) is 37.5 Å².